The molecule has 0 saturated carbocycles. The zero-order valence-electron chi connectivity index (χ0n) is 26.8. The fourth-order valence-electron chi connectivity index (χ4n) is 6.06. The molecule has 4 aromatic carbocycles. The zero-order valence-corrected chi connectivity index (χ0v) is 27.6. The number of rotatable bonds is 12. The summed E-state index contributed by atoms with van der Waals surface area (Å²) in [4.78, 5) is 44.4. The van der Waals surface area contributed by atoms with Gasteiger partial charge in [-0.15, -0.1) is 0 Å². The highest BCUT2D eigenvalue weighted by molar-refractivity contribution is 7.89. The lowest BCUT2D eigenvalue weighted by Gasteiger charge is -2.36. The molecule has 0 unspecified atom stereocenters. The summed E-state index contributed by atoms with van der Waals surface area (Å²) in [6, 6.07) is 23.0. The van der Waals surface area contributed by atoms with Crippen molar-refractivity contribution in [2.75, 3.05) is 51.7 Å². The summed E-state index contributed by atoms with van der Waals surface area (Å²) >= 11 is 0. The van der Waals surface area contributed by atoms with Crippen LogP contribution in [-0.2, 0) is 19.6 Å². The number of benzene rings is 4. The normalized spacial score (nSPS) is 14.2. The third-order valence-corrected chi connectivity index (χ3v) is 10.1. The minimum Gasteiger partial charge on any atom is -0.377 e. The Hall–Kier alpha value is -4.74. The SMILES string of the molecule is C=CC(=O)NCCCC[C@H](NS(=O)(=O)c1cccc2c(N(C)C)cccc12)C(=O)N1CCN(C(=O)c2cccc3ccccc23)CC1. The molecule has 11 heteroatoms. The first kappa shape index (κ1) is 33.6. The van der Waals surface area contributed by atoms with Crippen molar-refractivity contribution in [3.63, 3.8) is 0 Å². The van der Waals surface area contributed by atoms with Crippen LogP contribution in [-0.4, -0.2) is 88.8 Å². The number of sulfonamides is 1. The molecule has 0 bridgehead atoms. The number of fused-ring (bicyclic) bond motifs is 2. The first-order valence-corrected chi connectivity index (χ1v) is 17.3. The van der Waals surface area contributed by atoms with E-state index in [1.807, 2.05) is 79.7 Å². The molecule has 0 spiro atoms. The Morgan fingerprint density at radius 1 is 0.830 bits per heavy atom. The number of carbonyl (C=O) groups excluding carboxylic acids is 3. The Morgan fingerprint density at radius 3 is 2.21 bits per heavy atom. The molecular weight excluding hydrogens is 614 g/mol. The Labute approximate surface area is 276 Å². The molecule has 1 atom stereocenters. The third kappa shape index (κ3) is 7.64. The summed E-state index contributed by atoms with van der Waals surface area (Å²) in [5.74, 6) is -0.724. The molecule has 1 aliphatic rings. The molecule has 0 radical (unpaired) electrons. The molecule has 47 heavy (non-hydrogen) atoms. The number of anilines is 1. The standard InChI is InChI=1S/C36H41N5O5S/c1-4-34(42)37-21-8-7-18-31(38-47(45,46)33-20-11-15-28-29(33)16-10-19-32(28)39(2)3)36(44)41-24-22-40(23-25-41)35(43)30-17-9-13-26-12-5-6-14-27(26)30/h4-6,9-17,19-20,31,38H,1,7-8,18,21-25H2,2-3H3,(H,37,42)/t31-/m0/s1. The van der Waals surface area contributed by atoms with Gasteiger partial charge in [-0.25, -0.2) is 8.42 Å². The fourth-order valence-corrected chi connectivity index (χ4v) is 7.51. The van der Waals surface area contributed by atoms with Crippen molar-refractivity contribution in [2.45, 2.75) is 30.2 Å². The molecule has 1 fully saturated rings. The second-order valence-electron chi connectivity index (χ2n) is 11.8. The van der Waals surface area contributed by atoms with Crippen LogP contribution in [0, 0.1) is 0 Å². The van der Waals surface area contributed by atoms with E-state index >= 15 is 0 Å². The molecule has 0 aromatic heterocycles. The molecule has 5 rings (SSSR count). The summed E-state index contributed by atoms with van der Waals surface area (Å²) in [5, 5.41) is 5.92. The van der Waals surface area contributed by atoms with Gasteiger partial charge in [-0.05, 0) is 54.3 Å². The van der Waals surface area contributed by atoms with Gasteiger partial charge in [0.15, 0.2) is 0 Å². The van der Waals surface area contributed by atoms with Gasteiger partial charge in [0.2, 0.25) is 21.8 Å². The molecular formula is C36H41N5O5S. The quantitative estimate of drug-likeness (QED) is 0.175. The van der Waals surface area contributed by atoms with Crippen LogP contribution in [0.1, 0.15) is 29.6 Å². The van der Waals surface area contributed by atoms with Gasteiger partial charge in [-0.3, -0.25) is 14.4 Å². The predicted octanol–water partition coefficient (Wildman–Crippen LogP) is 4.16. The second-order valence-corrected chi connectivity index (χ2v) is 13.5. The summed E-state index contributed by atoms with van der Waals surface area (Å²) in [7, 11) is -0.320. The van der Waals surface area contributed by atoms with E-state index in [0.717, 1.165) is 21.8 Å². The van der Waals surface area contributed by atoms with E-state index in [0.29, 0.717) is 43.4 Å². The Balaban J connectivity index is 1.33. The van der Waals surface area contributed by atoms with Crippen LogP contribution in [0.5, 0.6) is 0 Å². The van der Waals surface area contributed by atoms with Gasteiger partial charge >= 0.3 is 0 Å². The number of amides is 3. The highest BCUT2D eigenvalue weighted by Gasteiger charge is 2.33. The van der Waals surface area contributed by atoms with Gasteiger partial charge in [-0.2, -0.15) is 4.72 Å². The molecule has 2 N–H and O–H groups in total. The van der Waals surface area contributed by atoms with Crippen LogP contribution < -0.4 is 14.9 Å². The first-order valence-electron chi connectivity index (χ1n) is 15.8. The van der Waals surface area contributed by atoms with Crippen LogP contribution in [0.4, 0.5) is 5.69 Å². The van der Waals surface area contributed by atoms with Crippen LogP contribution >= 0.6 is 0 Å². The highest BCUT2D eigenvalue weighted by atomic mass is 32.2. The summed E-state index contributed by atoms with van der Waals surface area (Å²) in [5.41, 5.74) is 1.49. The minimum atomic E-state index is -4.12. The smallest absolute Gasteiger partial charge is 0.254 e. The lowest BCUT2D eigenvalue weighted by molar-refractivity contribution is -0.134. The number of hydrogen-bond donors (Lipinski definition) is 2. The Bertz CT molecular complexity index is 1900. The van der Waals surface area contributed by atoms with E-state index < -0.39 is 16.1 Å². The maximum atomic E-state index is 14.0. The van der Waals surface area contributed by atoms with Crippen molar-refractivity contribution in [1.82, 2.24) is 19.8 Å². The van der Waals surface area contributed by atoms with Crippen molar-refractivity contribution in [3.8, 4) is 0 Å². The van der Waals surface area contributed by atoms with E-state index in [1.54, 1.807) is 28.0 Å². The van der Waals surface area contributed by atoms with Gasteiger partial charge in [0.25, 0.3) is 5.91 Å². The van der Waals surface area contributed by atoms with E-state index in [9.17, 15) is 22.8 Å². The minimum absolute atomic E-state index is 0.0965. The zero-order chi connectivity index (χ0) is 33.6. The number of nitrogens with one attached hydrogen (secondary N) is 2. The van der Waals surface area contributed by atoms with Gasteiger partial charge in [-0.1, -0.05) is 67.2 Å². The second kappa shape index (κ2) is 14.8. The van der Waals surface area contributed by atoms with E-state index in [-0.39, 0.29) is 42.1 Å². The number of carbonyl (C=O) groups is 3. The van der Waals surface area contributed by atoms with E-state index in [4.69, 9.17) is 0 Å². The average molecular weight is 656 g/mol. The van der Waals surface area contributed by atoms with Gasteiger partial charge < -0.3 is 20.0 Å². The van der Waals surface area contributed by atoms with E-state index in [2.05, 4.69) is 16.6 Å². The largest absolute Gasteiger partial charge is 0.377 e. The molecule has 1 saturated heterocycles. The lowest BCUT2D eigenvalue weighted by Crippen LogP contribution is -2.55. The van der Waals surface area contributed by atoms with Gasteiger partial charge in [0, 0.05) is 68.8 Å². The maximum Gasteiger partial charge on any atom is 0.254 e. The summed E-state index contributed by atoms with van der Waals surface area (Å²) in [6.07, 6.45) is 2.48. The summed E-state index contributed by atoms with van der Waals surface area (Å²) in [6.45, 7) is 5.05. The van der Waals surface area contributed by atoms with Crippen molar-refractivity contribution in [1.29, 1.82) is 0 Å². The van der Waals surface area contributed by atoms with Crippen LogP contribution in [0.3, 0.4) is 0 Å². The number of hydrogen-bond acceptors (Lipinski definition) is 6. The highest BCUT2D eigenvalue weighted by Crippen LogP contribution is 2.30. The molecule has 246 valence electrons. The fraction of sp³-hybridized carbons (Fsp3) is 0.306. The van der Waals surface area contributed by atoms with Crippen LogP contribution in [0.15, 0.2) is 96.4 Å². The maximum absolute atomic E-state index is 14.0. The number of unbranched alkanes of at least 4 members (excludes halogenated alkanes) is 1. The molecule has 3 amide bonds. The van der Waals surface area contributed by atoms with Crippen molar-refractivity contribution >= 4 is 55.0 Å². The Morgan fingerprint density at radius 2 is 1.47 bits per heavy atom. The average Bonchev–Trinajstić information content (AvgIpc) is 3.09. The lowest BCUT2D eigenvalue weighted by atomic mass is 10.0. The number of piperazine rings is 1. The molecule has 10 nitrogen and oxygen atoms in total. The van der Waals surface area contributed by atoms with Crippen molar-refractivity contribution in [3.05, 3.63) is 97.1 Å². The Kier molecular flexibility index (Phi) is 10.6. The predicted molar refractivity (Wildman–Crippen MR) is 186 cm³/mol. The van der Waals surface area contributed by atoms with Crippen molar-refractivity contribution in [2.24, 2.45) is 0 Å². The van der Waals surface area contributed by atoms with Crippen LogP contribution in [0.2, 0.25) is 0 Å². The summed E-state index contributed by atoms with van der Waals surface area (Å²) < 4.78 is 30.6. The van der Waals surface area contributed by atoms with Crippen LogP contribution in [0.25, 0.3) is 21.5 Å². The topological polar surface area (TPSA) is 119 Å². The number of nitrogens with zero attached hydrogens (tertiary/aromatic N) is 3. The molecule has 4 aromatic rings. The van der Waals surface area contributed by atoms with Gasteiger partial charge in [0.05, 0.1) is 4.90 Å². The molecule has 1 aliphatic heterocycles. The third-order valence-electron chi connectivity index (χ3n) is 8.53. The van der Waals surface area contributed by atoms with Crippen molar-refractivity contribution < 1.29 is 22.8 Å². The monoisotopic (exact) mass is 655 g/mol. The molecule has 1 heterocycles. The van der Waals surface area contributed by atoms with Gasteiger partial charge in [0.1, 0.15) is 6.04 Å². The molecule has 0 aliphatic carbocycles. The first-order chi connectivity index (χ1) is 22.6. The van der Waals surface area contributed by atoms with E-state index in [1.165, 1.54) is 6.08 Å².